The van der Waals surface area contributed by atoms with Crippen molar-refractivity contribution in [3.8, 4) is 11.3 Å². The lowest BCUT2D eigenvalue weighted by molar-refractivity contribution is 0.0320. The molecule has 1 atom stereocenters. The van der Waals surface area contributed by atoms with Crippen molar-refractivity contribution in [3.63, 3.8) is 0 Å². The average Bonchev–Trinajstić information content (AvgIpc) is 2.78. The number of aryl methyl sites for hydroxylation is 1. The molecule has 0 fully saturated rings. The zero-order valence-electron chi connectivity index (χ0n) is 17.4. The zero-order chi connectivity index (χ0) is 22.8. The summed E-state index contributed by atoms with van der Waals surface area (Å²) >= 11 is 12.2. The minimum absolute atomic E-state index is 0.271. The molecular weight excluding hydrogens is 445 g/mol. The number of fused-ring (bicyclic) bond motifs is 1. The molecule has 4 nitrogen and oxygen atoms in total. The summed E-state index contributed by atoms with van der Waals surface area (Å²) in [5.41, 5.74) is 3.78. The molecule has 0 amide bonds. The molecule has 160 valence electrons. The van der Waals surface area contributed by atoms with E-state index in [2.05, 4.69) is 4.98 Å². The molecule has 0 spiro atoms. The highest BCUT2D eigenvalue weighted by Gasteiger charge is 2.23. The van der Waals surface area contributed by atoms with E-state index in [1.165, 1.54) is 0 Å². The van der Waals surface area contributed by atoms with Crippen LogP contribution in [0.3, 0.4) is 0 Å². The Kier molecular flexibility index (Phi) is 6.26. The summed E-state index contributed by atoms with van der Waals surface area (Å²) in [5.74, 6) is -0.893. The number of pyridine rings is 1. The van der Waals surface area contributed by atoms with Crippen LogP contribution in [0.4, 0.5) is 0 Å². The average molecular weight is 464 g/mol. The van der Waals surface area contributed by atoms with Crippen LogP contribution >= 0.6 is 23.2 Å². The second-order valence-electron chi connectivity index (χ2n) is 7.50. The van der Waals surface area contributed by atoms with Crippen LogP contribution in [-0.2, 0) is 4.74 Å². The Balaban J connectivity index is 1.70. The molecule has 0 aliphatic heterocycles. The maximum Gasteiger partial charge on any atom is 0.339 e. The van der Waals surface area contributed by atoms with Crippen LogP contribution in [0.2, 0.25) is 10.0 Å². The lowest BCUT2D eigenvalue weighted by Crippen LogP contribution is -2.24. The lowest BCUT2D eigenvalue weighted by atomic mass is 10.0. The number of ketones is 1. The van der Waals surface area contributed by atoms with Gasteiger partial charge in [0, 0.05) is 26.6 Å². The van der Waals surface area contributed by atoms with Crippen LogP contribution in [0, 0.1) is 6.92 Å². The molecule has 0 aliphatic rings. The van der Waals surface area contributed by atoms with Gasteiger partial charge in [-0.2, -0.15) is 0 Å². The number of hydrogen-bond donors (Lipinski definition) is 0. The standard InChI is InChI=1S/C26H19Cl2NO3/c1-15-3-5-18(6-4-15)25(30)16(2)32-26(31)22-14-24(17-7-9-19(27)10-8-17)29-23-12-11-20(28)13-21(22)23/h3-14,16H,1-2H3/t16-/m0/s1. The number of benzene rings is 3. The normalized spacial score (nSPS) is 11.9. The smallest absolute Gasteiger partial charge is 0.339 e. The fraction of sp³-hybridized carbons (Fsp3) is 0.115. The Morgan fingerprint density at radius 1 is 0.875 bits per heavy atom. The Hall–Kier alpha value is -3.21. The van der Waals surface area contributed by atoms with Gasteiger partial charge in [0.05, 0.1) is 16.8 Å². The van der Waals surface area contributed by atoms with Gasteiger partial charge in [-0.3, -0.25) is 4.79 Å². The summed E-state index contributed by atoms with van der Waals surface area (Å²) in [6, 6.07) is 21.1. The number of carbonyl (C=O) groups is 2. The molecule has 4 aromatic rings. The van der Waals surface area contributed by atoms with E-state index in [0.29, 0.717) is 32.2 Å². The second kappa shape index (κ2) is 9.11. The summed E-state index contributed by atoms with van der Waals surface area (Å²) in [6.07, 6.45) is -0.952. The zero-order valence-corrected chi connectivity index (χ0v) is 18.9. The lowest BCUT2D eigenvalue weighted by Gasteiger charge is -2.15. The third kappa shape index (κ3) is 4.67. The van der Waals surface area contributed by atoms with Crippen LogP contribution in [0.5, 0.6) is 0 Å². The van der Waals surface area contributed by atoms with Crippen molar-refractivity contribution in [2.24, 2.45) is 0 Å². The first-order valence-corrected chi connectivity index (χ1v) is 10.8. The topological polar surface area (TPSA) is 56.3 Å². The van der Waals surface area contributed by atoms with Gasteiger partial charge in [0.25, 0.3) is 0 Å². The van der Waals surface area contributed by atoms with E-state index in [-0.39, 0.29) is 11.3 Å². The van der Waals surface area contributed by atoms with Gasteiger partial charge in [0.2, 0.25) is 5.78 Å². The number of carbonyl (C=O) groups excluding carboxylic acids is 2. The highest BCUT2D eigenvalue weighted by atomic mass is 35.5. The first-order chi connectivity index (χ1) is 15.3. The minimum atomic E-state index is -0.952. The number of Topliss-reactive ketones (excluding diaryl/α,β-unsaturated/α-hetero) is 1. The van der Waals surface area contributed by atoms with Gasteiger partial charge >= 0.3 is 5.97 Å². The molecule has 0 bridgehead atoms. The SMILES string of the molecule is Cc1ccc(C(=O)[C@H](C)OC(=O)c2cc(-c3ccc(Cl)cc3)nc3ccc(Cl)cc23)cc1. The molecule has 0 saturated carbocycles. The number of nitrogens with zero attached hydrogens (tertiary/aromatic N) is 1. The highest BCUT2D eigenvalue weighted by Crippen LogP contribution is 2.28. The molecule has 32 heavy (non-hydrogen) atoms. The van der Waals surface area contributed by atoms with Gasteiger partial charge in [-0.1, -0.05) is 65.2 Å². The molecule has 6 heteroatoms. The molecule has 0 aliphatic carbocycles. The van der Waals surface area contributed by atoms with Gasteiger partial charge in [0.15, 0.2) is 6.10 Å². The van der Waals surface area contributed by atoms with Gasteiger partial charge < -0.3 is 4.74 Å². The van der Waals surface area contributed by atoms with Crippen LogP contribution in [0.25, 0.3) is 22.2 Å². The van der Waals surface area contributed by atoms with Gasteiger partial charge in [0.1, 0.15) is 0 Å². The van der Waals surface area contributed by atoms with E-state index in [9.17, 15) is 9.59 Å². The predicted molar refractivity (Wildman–Crippen MR) is 128 cm³/mol. The molecule has 1 heterocycles. The third-order valence-corrected chi connectivity index (χ3v) is 5.61. The fourth-order valence-corrected chi connectivity index (χ4v) is 3.66. The third-order valence-electron chi connectivity index (χ3n) is 5.12. The second-order valence-corrected chi connectivity index (χ2v) is 8.37. The fourth-order valence-electron chi connectivity index (χ4n) is 3.37. The van der Waals surface area contributed by atoms with Crippen molar-refractivity contribution >= 4 is 45.9 Å². The molecule has 0 radical (unpaired) electrons. The van der Waals surface area contributed by atoms with Crippen molar-refractivity contribution in [3.05, 3.63) is 99.5 Å². The number of halogens is 2. The van der Waals surface area contributed by atoms with Crippen molar-refractivity contribution in [2.45, 2.75) is 20.0 Å². The van der Waals surface area contributed by atoms with Crippen LogP contribution in [-0.4, -0.2) is 22.8 Å². The highest BCUT2D eigenvalue weighted by molar-refractivity contribution is 6.31. The molecular formula is C26H19Cl2NO3. The Labute approximate surface area is 195 Å². The van der Waals surface area contributed by atoms with Crippen molar-refractivity contribution in [1.29, 1.82) is 0 Å². The summed E-state index contributed by atoms with van der Waals surface area (Å²) in [7, 11) is 0. The Bertz CT molecular complexity index is 1320. The van der Waals surface area contributed by atoms with E-state index >= 15 is 0 Å². The maximum atomic E-state index is 13.1. The van der Waals surface area contributed by atoms with Crippen molar-refractivity contribution < 1.29 is 14.3 Å². The number of ether oxygens (including phenoxy) is 1. The minimum Gasteiger partial charge on any atom is -0.451 e. The van der Waals surface area contributed by atoms with Gasteiger partial charge in [-0.15, -0.1) is 0 Å². The van der Waals surface area contributed by atoms with Gasteiger partial charge in [-0.25, -0.2) is 9.78 Å². The molecule has 3 aromatic carbocycles. The Morgan fingerprint density at radius 3 is 2.22 bits per heavy atom. The number of hydrogen-bond acceptors (Lipinski definition) is 4. The molecule has 4 rings (SSSR count). The van der Waals surface area contributed by atoms with Gasteiger partial charge in [-0.05, 0) is 50.2 Å². The van der Waals surface area contributed by atoms with Crippen LogP contribution < -0.4 is 0 Å². The van der Waals surface area contributed by atoms with Crippen molar-refractivity contribution in [1.82, 2.24) is 4.98 Å². The van der Waals surface area contributed by atoms with E-state index in [0.717, 1.165) is 11.1 Å². The van der Waals surface area contributed by atoms with Crippen LogP contribution in [0.1, 0.15) is 33.2 Å². The summed E-state index contributed by atoms with van der Waals surface area (Å²) < 4.78 is 5.56. The predicted octanol–water partition coefficient (Wildman–Crippen LogP) is 6.95. The number of rotatable bonds is 5. The van der Waals surface area contributed by atoms with E-state index in [1.54, 1.807) is 55.5 Å². The quantitative estimate of drug-likeness (QED) is 0.237. The first-order valence-electron chi connectivity index (χ1n) is 10.00. The summed E-state index contributed by atoms with van der Waals surface area (Å²) in [4.78, 5) is 30.5. The van der Waals surface area contributed by atoms with Crippen LogP contribution in [0.15, 0.2) is 72.8 Å². The molecule has 0 N–H and O–H groups in total. The number of esters is 1. The molecule has 0 saturated heterocycles. The summed E-state index contributed by atoms with van der Waals surface area (Å²) in [5, 5.41) is 1.62. The maximum absolute atomic E-state index is 13.1. The van der Waals surface area contributed by atoms with E-state index in [4.69, 9.17) is 27.9 Å². The van der Waals surface area contributed by atoms with E-state index < -0.39 is 12.1 Å². The summed E-state index contributed by atoms with van der Waals surface area (Å²) in [6.45, 7) is 3.51. The first kappa shape index (κ1) is 22.0. The molecule has 0 unspecified atom stereocenters. The largest absolute Gasteiger partial charge is 0.451 e. The van der Waals surface area contributed by atoms with E-state index in [1.807, 2.05) is 31.2 Å². The van der Waals surface area contributed by atoms with Crippen molar-refractivity contribution in [2.75, 3.05) is 0 Å². The molecule has 1 aromatic heterocycles. The number of aromatic nitrogens is 1. The Morgan fingerprint density at radius 2 is 1.53 bits per heavy atom. The monoisotopic (exact) mass is 463 g/mol.